The molecule has 0 aliphatic heterocycles. The van der Waals surface area contributed by atoms with Crippen molar-refractivity contribution in [2.75, 3.05) is 22.1 Å². The SMILES string of the molecule is Cc1ccc([N+](=O)[O-])cc1NC(=O)CS(=O)(=O)CC(=O)Nc1ccccc1. The van der Waals surface area contributed by atoms with Crippen molar-refractivity contribution in [3.63, 3.8) is 0 Å². The molecule has 2 aromatic rings. The monoisotopic (exact) mass is 391 g/mol. The van der Waals surface area contributed by atoms with Gasteiger partial charge >= 0.3 is 0 Å². The zero-order valence-corrected chi connectivity index (χ0v) is 15.2. The highest BCUT2D eigenvalue weighted by Crippen LogP contribution is 2.21. The van der Waals surface area contributed by atoms with E-state index in [-0.39, 0.29) is 11.4 Å². The summed E-state index contributed by atoms with van der Waals surface area (Å²) in [7, 11) is -4.02. The van der Waals surface area contributed by atoms with E-state index in [0.717, 1.165) is 6.07 Å². The Hall–Kier alpha value is -3.27. The molecular formula is C17H17N3O6S. The molecule has 0 saturated heterocycles. The summed E-state index contributed by atoms with van der Waals surface area (Å²) in [5.41, 5.74) is 0.877. The maximum atomic E-state index is 12.1. The van der Waals surface area contributed by atoms with Crippen LogP contribution in [0.1, 0.15) is 5.56 Å². The Labute approximate surface area is 155 Å². The van der Waals surface area contributed by atoms with Crippen molar-refractivity contribution in [3.05, 3.63) is 64.2 Å². The Morgan fingerprint density at radius 2 is 1.59 bits per heavy atom. The van der Waals surface area contributed by atoms with Gasteiger partial charge in [-0.25, -0.2) is 8.42 Å². The Morgan fingerprint density at radius 3 is 2.19 bits per heavy atom. The molecule has 0 fully saturated rings. The maximum absolute atomic E-state index is 12.1. The summed E-state index contributed by atoms with van der Waals surface area (Å²) in [5, 5.41) is 15.6. The molecular weight excluding hydrogens is 374 g/mol. The Bertz CT molecular complexity index is 973. The van der Waals surface area contributed by atoms with Gasteiger partial charge in [-0.15, -0.1) is 0 Å². The molecule has 10 heteroatoms. The average Bonchev–Trinajstić information content (AvgIpc) is 2.56. The topological polar surface area (TPSA) is 135 Å². The van der Waals surface area contributed by atoms with Crippen LogP contribution < -0.4 is 10.6 Å². The molecule has 2 amide bonds. The lowest BCUT2D eigenvalue weighted by atomic mass is 10.2. The zero-order chi connectivity index (χ0) is 20.0. The average molecular weight is 391 g/mol. The first-order valence-corrected chi connectivity index (χ1v) is 9.58. The number of nitrogens with one attached hydrogen (secondary N) is 2. The van der Waals surface area contributed by atoms with Gasteiger partial charge in [0.15, 0.2) is 9.84 Å². The van der Waals surface area contributed by atoms with Crippen LogP contribution in [-0.2, 0) is 19.4 Å². The summed E-state index contributed by atoms with van der Waals surface area (Å²) in [4.78, 5) is 34.0. The van der Waals surface area contributed by atoms with Crippen LogP contribution in [-0.4, -0.2) is 36.7 Å². The molecule has 0 bridgehead atoms. The van der Waals surface area contributed by atoms with E-state index in [1.165, 1.54) is 12.1 Å². The van der Waals surface area contributed by atoms with Crippen LogP contribution in [0.5, 0.6) is 0 Å². The van der Waals surface area contributed by atoms with E-state index in [1.807, 2.05) is 0 Å². The summed E-state index contributed by atoms with van der Waals surface area (Å²) >= 11 is 0. The molecule has 0 spiro atoms. The van der Waals surface area contributed by atoms with Crippen LogP contribution in [0.2, 0.25) is 0 Å². The quantitative estimate of drug-likeness (QED) is 0.546. The number of benzene rings is 2. The number of non-ortho nitro benzene ring substituents is 1. The minimum Gasteiger partial charge on any atom is -0.325 e. The third kappa shape index (κ3) is 6.19. The van der Waals surface area contributed by atoms with E-state index in [1.54, 1.807) is 37.3 Å². The van der Waals surface area contributed by atoms with Crippen LogP contribution in [0.15, 0.2) is 48.5 Å². The van der Waals surface area contributed by atoms with Crippen LogP contribution in [0.25, 0.3) is 0 Å². The van der Waals surface area contributed by atoms with Crippen molar-refractivity contribution < 1.29 is 22.9 Å². The predicted octanol–water partition coefficient (Wildman–Crippen LogP) is 1.90. The molecule has 27 heavy (non-hydrogen) atoms. The minimum atomic E-state index is -4.02. The number of nitrogens with zero attached hydrogens (tertiary/aromatic N) is 1. The van der Waals surface area contributed by atoms with Crippen molar-refractivity contribution in [2.45, 2.75) is 6.92 Å². The van der Waals surface area contributed by atoms with Gasteiger partial charge in [-0.3, -0.25) is 19.7 Å². The standard InChI is InChI=1S/C17H17N3O6S/c1-12-7-8-14(20(23)24)9-15(12)19-17(22)11-27(25,26)10-16(21)18-13-5-3-2-4-6-13/h2-9H,10-11H2,1H3,(H,18,21)(H,19,22). The molecule has 0 aliphatic rings. The van der Waals surface area contributed by atoms with Crippen molar-refractivity contribution in [3.8, 4) is 0 Å². The number of para-hydroxylation sites is 1. The Balaban J connectivity index is 1.99. The molecule has 2 aromatic carbocycles. The number of carbonyl (C=O) groups is 2. The number of hydrogen-bond acceptors (Lipinski definition) is 6. The molecule has 0 aromatic heterocycles. The molecule has 2 N–H and O–H groups in total. The largest absolute Gasteiger partial charge is 0.325 e. The van der Waals surface area contributed by atoms with Gasteiger partial charge in [-0.2, -0.15) is 0 Å². The van der Waals surface area contributed by atoms with Crippen molar-refractivity contribution >= 4 is 38.7 Å². The Morgan fingerprint density at radius 1 is 1.00 bits per heavy atom. The number of rotatable bonds is 7. The number of nitro groups is 1. The van der Waals surface area contributed by atoms with E-state index >= 15 is 0 Å². The zero-order valence-electron chi connectivity index (χ0n) is 14.3. The van der Waals surface area contributed by atoms with Crippen molar-refractivity contribution in [1.82, 2.24) is 0 Å². The van der Waals surface area contributed by atoms with Gasteiger partial charge in [0.2, 0.25) is 11.8 Å². The fourth-order valence-corrected chi connectivity index (χ4v) is 3.26. The number of nitro benzene ring substituents is 1. The lowest BCUT2D eigenvalue weighted by Crippen LogP contribution is -2.30. The van der Waals surface area contributed by atoms with Crippen LogP contribution >= 0.6 is 0 Å². The summed E-state index contributed by atoms with van der Waals surface area (Å²) in [6.45, 7) is 1.61. The lowest BCUT2D eigenvalue weighted by Gasteiger charge is -2.09. The van der Waals surface area contributed by atoms with E-state index in [0.29, 0.717) is 11.3 Å². The molecule has 9 nitrogen and oxygen atoms in total. The van der Waals surface area contributed by atoms with Gasteiger partial charge in [0.1, 0.15) is 11.5 Å². The first-order valence-electron chi connectivity index (χ1n) is 7.76. The molecule has 0 heterocycles. The fraction of sp³-hybridized carbons (Fsp3) is 0.176. The number of carbonyl (C=O) groups excluding carboxylic acids is 2. The van der Waals surface area contributed by atoms with E-state index in [4.69, 9.17) is 0 Å². The molecule has 0 atom stereocenters. The van der Waals surface area contributed by atoms with Gasteiger partial charge in [-0.1, -0.05) is 24.3 Å². The van der Waals surface area contributed by atoms with Gasteiger partial charge in [-0.05, 0) is 24.6 Å². The van der Waals surface area contributed by atoms with E-state index in [9.17, 15) is 28.1 Å². The van der Waals surface area contributed by atoms with Crippen molar-refractivity contribution in [2.24, 2.45) is 0 Å². The number of amides is 2. The predicted molar refractivity (Wildman–Crippen MR) is 100 cm³/mol. The first-order chi connectivity index (χ1) is 12.7. The fourth-order valence-electron chi connectivity index (χ4n) is 2.21. The third-order valence-electron chi connectivity index (χ3n) is 3.47. The number of sulfone groups is 1. The second-order valence-corrected chi connectivity index (χ2v) is 7.82. The van der Waals surface area contributed by atoms with Gasteiger partial charge in [0, 0.05) is 17.8 Å². The summed E-state index contributed by atoms with van der Waals surface area (Å²) in [5.74, 6) is -3.42. The summed E-state index contributed by atoms with van der Waals surface area (Å²) in [6, 6.07) is 12.2. The smallest absolute Gasteiger partial charge is 0.271 e. The second-order valence-electron chi connectivity index (χ2n) is 5.75. The number of hydrogen-bond donors (Lipinski definition) is 2. The van der Waals surface area contributed by atoms with Gasteiger partial charge in [0.25, 0.3) is 5.69 Å². The number of aryl methyl sites for hydroxylation is 1. The first kappa shape index (κ1) is 20.0. The van der Waals surface area contributed by atoms with E-state index in [2.05, 4.69) is 10.6 Å². The van der Waals surface area contributed by atoms with Gasteiger partial charge < -0.3 is 10.6 Å². The molecule has 0 saturated carbocycles. The van der Waals surface area contributed by atoms with Crippen LogP contribution in [0, 0.1) is 17.0 Å². The van der Waals surface area contributed by atoms with Crippen LogP contribution in [0.3, 0.4) is 0 Å². The van der Waals surface area contributed by atoms with Gasteiger partial charge in [0.05, 0.1) is 10.6 Å². The molecule has 0 aliphatic carbocycles. The molecule has 0 unspecified atom stereocenters. The maximum Gasteiger partial charge on any atom is 0.271 e. The number of anilines is 2. The molecule has 0 radical (unpaired) electrons. The summed E-state index contributed by atoms with van der Waals surface area (Å²) in [6.07, 6.45) is 0. The minimum absolute atomic E-state index is 0.137. The highest BCUT2D eigenvalue weighted by Gasteiger charge is 2.22. The lowest BCUT2D eigenvalue weighted by molar-refractivity contribution is -0.384. The third-order valence-corrected chi connectivity index (χ3v) is 4.87. The highest BCUT2D eigenvalue weighted by atomic mass is 32.2. The molecule has 142 valence electrons. The second kappa shape index (κ2) is 8.41. The summed E-state index contributed by atoms with van der Waals surface area (Å²) < 4.78 is 24.1. The van der Waals surface area contributed by atoms with Crippen LogP contribution in [0.4, 0.5) is 17.1 Å². The van der Waals surface area contributed by atoms with E-state index < -0.39 is 38.1 Å². The van der Waals surface area contributed by atoms with Crippen molar-refractivity contribution in [1.29, 1.82) is 0 Å². The molecule has 2 rings (SSSR count). The highest BCUT2D eigenvalue weighted by molar-refractivity contribution is 7.92. The normalized spacial score (nSPS) is 10.9. The Kier molecular flexibility index (Phi) is 6.24.